The van der Waals surface area contributed by atoms with Crippen LogP contribution in [0.1, 0.15) is 56.2 Å². The van der Waals surface area contributed by atoms with Gasteiger partial charge in [-0.15, -0.1) is 0 Å². The van der Waals surface area contributed by atoms with Crippen LogP contribution in [0, 0.1) is 0 Å². The Kier molecular flexibility index (Phi) is 7.55. The summed E-state index contributed by atoms with van der Waals surface area (Å²) in [6, 6.07) is 12.5. The summed E-state index contributed by atoms with van der Waals surface area (Å²) in [6.07, 6.45) is 4.87. The molecule has 2 aromatic carbocycles. The molecule has 0 radical (unpaired) electrons. The van der Waals surface area contributed by atoms with E-state index in [4.69, 9.17) is 9.47 Å². The minimum atomic E-state index is -3.45. The number of ether oxygens (including phenoxy) is 2. The number of nitrogens with one attached hydrogen (secondary N) is 1. The van der Waals surface area contributed by atoms with Crippen molar-refractivity contribution in [2.45, 2.75) is 56.4 Å². The Morgan fingerprint density at radius 1 is 0.970 bits per heavy atom. The summed E-state index contributed by atoms with van der Waals surface area (Å²) in [7, 11) is -3.45. The zero-order valence-electron chi connectivity index (χ0n) is 19.1. The first-order chi connectivity index (χ1) is 15.9. The molecule has 1 fully saturated rings. The second-order valence-corrected chi connectivity index (χ2v) is 10.6. The van der Waals surface area contributed by atoms with Gasteiger partial charge in [-0.3, -0.25) is 4.79 Å². The first kappa shape index (κ1) is 23.6. The van der Waals surface area contributed by atoms with Gasteiger partial charge in [0.1, 0.15) is 13.2 Å². The number of hydrogen-bond donors (Lipinski definition) is 1. The molecular weight excluding hydrogens is 440 g/mol. The minimum Gasteiger partial charge on any atom is -0.486 e. The van der Waals surface area contributed by atoms with Crippen molar-refractivity contribution in [3.05, 3.63) is 53.6 Å². The number of carbonyl (C=O) groups excluding carboxylic acids is 1. The van der Waals surface area contributed by atoms with Crippen LogP contribution < -0.4 is 14.8 Å². The highest BCUT2D eigenvalue weighted by atomic mass is 32.2. The number of rotatable bonds is 7. The monoisotopic (exact) mass is 472 g/mol. The van der Waals surface area contributed by atoms with Crippen LogP contribution >= 0.6 is 0 Å². The van der Waals surface area contributed by atoms with E-state index in [9.17, 15) is 13.2 Å². The Morgan fingerprint density at radius 3 is 2.33 bits per heavy atom. The van der Waals surface area contributed by atoms with Gasteiger partial charge in [-0.1, -0.05) is 31.0 Å². The van der Waals surface area contributed by atoms with Crippen LogP contribution in [-0.4, -0.2) is 44.9 Å². The molecule has 2 aromatic rings. The predicted octanol–water partition coefficient (Wildman–Crippen LogP) is 3.83. The predicted molar refractivity (Wildman–Crippen MR) is 126 cm³/mol. The second-order valence-electron chi connectivity index (χ2n) is 8.65. The molecule has 0 bridgehead atoms. The van der Waals surface area contributed by atoms with Gasteiger partial charge >= 0.3 is 0 Å². The molecule has 1 atom stereocenters. The van der Waals surface area contributed by atoms with E-state index in [-0.39, 0.29) is 11.9 Å². The lowest BCUT2D eigenvalue weighted by Crippen LogP contribution is -2.31. The topological polar surface area (TPSA) is 84.9 Å². The Hall–Kier alpha value is -2.58. The highest BCUT2D eigenvalue weighted by Crippen LogP contribution is 2.32. The SMILES string of the molecule is CC(NC(=O)CCc1ccc(S(=O)(=O)N2CCCCCC2)cc1)c1ccc2c(c1)OCCO2. The molecule has 178 valence electrons. The number of sulfonamides is 1. The summed E-state index contributed by atoms with van der Waals surface area (Å²) in [6.45, 7) is 4.18. The standard InChI is InChI=1S/C25H32N2O5S/c1-19(21-9-12-23-24(18-21)32-17-16-31-23)26-25(28)13-8-20-6-10-22(11-7-20)33(29,30)27-14-4-2-3-5-15-27/h6-7,9-12,18-19H,2-5,8,13-17H2,1H3,(H,26,28). The molecule has 0 saturated carbocycles. The summed E-state index contributed by atoms with van der Waals surface area (Å²) < 4.78 is 38.6. The molecule has 2 aliphatic rings. The van der Waals surface area contributed by atoms with E-state index in [1.165, 1.54) is 0 Å². The maximum absolute atomic E-state index is 12.9. The van der Waals surface area contributed by atoms with Crippen LogP contribution in [0.3, 0.4) is 0 Å². The number of aryl methyl sites for hydroxylation is 1. The molecule has 1 saturated heterocycles. The van der Waals surface area contributed by atoms with Crippen molar-refractivity contribution in [3.8, 4) is 11.5 Å². The van der Waals surface area contributed by atoms with Crippen molar-refractivity contribution >= 4 is 15.9 Å². The van der Waals surface area contributed by atoms with Gasteiger partial charge in [0.25, 0.3) is 0 Å². The Morgan fingerprint density at radius 2 is 1.64 bits per heavy atom. The average Bonchev–Trinajstić information content (AvgIpc) is 3.13. The smallest absolute Gasteiger partial charge is 0.243 e. The number of fused-ring (bicyclic) bond motifs is 1. The van der Waals surface area contributed by atoms with Crippen molar-refractivity contribution < 1.29 is 22.7 Å². The van der Waals surface area contributed by atoms with Crippen LogP contribution in [0.25, 0.3) is 0 Å². The van der Waals surface area contributed by atoms with Gasteiger partial charge in [-0.25, -0.2) is 8.42 Å². The van der Waals surface area contributed by atoms with Gasteiger partial charge in [0.15, 0.2) is 11.5 Å². The molecule has 2 heterocycles. The van der Waals surface area contributed by atoms with Gasteiger partial charge in [0.05, 0.1) is 10.9 Å². The van der Waals surface area contributed by atoms with Crippen molar-refractivity contribution in [2.75, 3.05) is 26.3 Å². The molecular formula is C25H32N2O5S. The number of carbonyl (C=O) groups is 1. The summed E-state index contributed by atoms with van der Waals surface area (Å²) >= 11 is 0. The molecule has 0 aromatic heterocycles. The average molecular weight is 473 g/mol. The molecule has 0 spiro atoms. The van der Waals surface area contributed by atoms with Crippen LogP contribution in [0.2, 0.25) is 0 Å². The molecule has 0 aliphatic carbocycles. The van der Waals surface area contributed by atoms with Gasteiger partial charge in [0.2, 0.25) is 15.9 Å². The first-order valence-corrected chi connectivity index (χ1v) is 13.2. The van der Waals surface area contributed by atoms with Crippen molar-refractivity contribution in [1.29, 1.82) is 0 Å². The summed E-state index contributed by atoms with van der Waals surface area (Å²) in [5, 5.41) is 3.02. The van der Waals surface area contributed by atoms with Gasteiger partial charge in [-0.05, 0) is 61.6 Å². The molecule has 4 rings (SSSR count). The van der Waals surface area contributed by atoms with Crippen molar-refractivity contribution in [2.24, 2.45) is 0 Å². The van der Waals surface area contributed by atoms with Gasteiger partial charge < -0.3 is 14.8 Å². The van der Waals surface area contributed by atoms with E-state index in [2.05, 4.69) is 5.32 Å². The molecule has 1 unspecified atom stereocenters. The van der Waals surface area contributed by atoms with E-state index in [0.29, 0.717) is 49.8 Å². The lowest BCUT2D eigenvalue weighted by molar-refractivity contribution is -0.121. The fraction of sp³-hybridized carbons (Fsp3) is 0.480. The molecule has 2 aliphatic heterocycles. The van der Waals surface area contributed by atoms with E-state index in [1.54, 1.807) is 16.4 Å². The summed E-state index contributed by atoms with van der Waals surface area (Å²) in [5.74, 6) is 1.37. The number of nitrogens with zero attached hydrogens (tertiary/aromatic N) is 1. The quantitative estimate of drug-likeness (QED) is 0.662. The maximum atomic E-state index is 12.9. The normalized spacial score (nSPS) is 17.7. The van der Waals surface area contributed by atoms with Crippen LogP contribution in [0.5, 0.6) is 11.5 Å². The summed E-state index contributed by atoms with van der Waals surface area (Å²) in [5.41, 5.74) is 1.89. The Labute approximate surface area is 196 Å². The largest absolute Gasteiger partial charge is 0.486 e. The minimum absolute atomic E-state index is 0.0568. The van der Waals surface area contributed by atoms with Gasteiger partial charge in [-0.2, -0.15) is 4.31 Å². The fourth-order valence-corrected chi connectivity index (χ4v) is 5.76. The third-order valence-corrected chi connectivity index (χ3v) is 8.12. The first-order valence-electron chi connectivity index (χ1n) is 11.7. The van der Waals surface area contributed by atoms with Crippen molar-refractivity contribution in [3.63, 3.8) is 0 Å². The maximum Gasteiger partial charge on any atom is 0.243 e. The Balaban J connectivity index is 1.30. The lowest BCUT2D eigenvalue weighted by atomic mass is 10.1. The second kappa shape index (κ2) is 10.6. The Bertz CT molecular complexity index is 1060. The zero-order chi connectivity index (χ0) is 23.3. The fourth-order valence-electron chi connectivity index (χ4n) is 4.24. The van der Waals surface area contributed by atoms with E-state index < -0.39 is 10.0 Å². The van der Waals surface area contributed by atoms with E-state index in [0.717, 1.165) is 42.6 Å². The van der Waals surface area contributed by atoms with Crippen LogP contribution in [0.15, 0.2) is 47.4 Å². The van der Waals surface area contributed by atoms with Crippen LogP contribution in [-0.2, 0) is 21.2 Å². The number of hydrogen-bond acceptors (Lipinski definition) is 5. The van der Waals surface area contributed by atoms with Gasteiger partial charge in [0, 0.05) is 19.5 Å². The highest BCUT2D eigenvalue weighted by molar-refractivity contribution is 7.89. The molecule has 7 nitrogen and oxygen atoms in total. The third kappa shape index (κ3) is 5.86. The highest BCUT2D eigenvalue weighted by Gasteiger charge is 2.25. The molecule has 1 N–H and O–H groups in total. The van der Waals surface area contributed by atoms with Crippen LogP contribution in [0.4, 0.5) is 0 Å². The number of benzene rings is 2. The third-order valence-electron chi connectivity index (χ3n) is 6.21. The number of amides is 1. The van der Waals surface area contributed by atoms with Crippen molar-refractivity contribution in [1.82, 2.24) is 9.62 Å². The van der Waals surface area contributed by atoms with E-state index >= 15 is 0 Å². The lowest BCUT2D eigenvalue weighted by Gasteiger charge is -2.21. The zero-order valence-corrected chi connectivity index (χ0v) is 19.9. The molecule has 1 amide bonds. The van der Waals surface area contributed by atoms with E-state index in [1.807, 2.05) is 37.3 Å². The molecule has 33 heavy (non-hydrogen) atoms. The summed E-state index contributed by atoms with van der Waals surface area (Å²) in [4.78, 5) is 12.8. The molecule has 8 heteroatoms.